The number of hydrogen-bond acceptors (Lipinski definition) is 4. The molecule has 0 amide bonds. The van der Waals surface area contributed by atoms with Gasteiger partial charge in [0, 0.05) is 35.8 Å². The van der Waals surface area contributed by atoms with E-state index in [1.165, 1.54) is 11.3 Å². The van der Waals surface area contributed by atoms with Gasteiger partial charge in [0.05, 0.1) is 11.0 Å². The number of aliphatic hydroxyl groups is 1. The summed E-state index contributed by atoms with van der Waals surface area (Å²) in [5.74, 6) is 0.0200. The summed E-state index contributed by atoms with van der Waals surface area (Å²) in [5, 5.41) is 13.7. The molecule has 0 bridgehead atoms. The highest BCUT2D eigenvalue weighted by atomic mass is 32.1. The average Bonchev–Trinajstić information content (AvgIpc) is 3.36. The number of nitrogens with zero attached hydrogens (tertiary/aromatic N) is 2. The molecule has 1 unspecified atom stereocenters. The van der Waals surface area contributed by atoms with Crippen molar-refractivity contribution < 1.29 is 9.90 Å². The number of fused-ring (bicyclic) bond motifs is 1. The number of carbonyl (C=O) groups excluding carboxylic acids is 1. The molecule has 0 aliphatic heterocycles. The van der Waals surface area contributed by atoms with E-state index in [2.05, 4.69) is 35.4 Å². The number of thiophene rings is 1. The molecule has 2 heterocycles. The van der Waals surface area contributed by atoms with Gasteiger partial charge < -0.3 is 14.6 Å². The zero-order valence-corrected chi connectivity index (χ0v) is 18.1. The van der Waals surface area contributed by atoms with Crippen molar-refractivity contribution in [2.75, 3.05) is 19.6 Å². The average molecular weight is 411 g/mol. The number of allylic oxidation sites excluding steroid dienone is 1. The van der Waals surface area contributed by atoms with Gasteiger partial charge in [0.25, 0.3) is 0 Å². The maximum atomic E-state index is 12.3. The Morgan fingerprint density at radius 3 is 2.62 bits per heavy atom. The van der Waals surface area contributed by atoms with Crippen molar-refractivity contribution in [3.8, 4) is 0 Å². The van der Waals surface area contributed by atoms with Gasteiger partial charge in [-0.05, 0) is 55.6 Å². The third-order valence-electron chi connectivity index (χ3n) is 4.95. The molecule has 4 nitrogen and oxygen atoms in total. The van der Waals surface area contributed by atoms with Gasteiger partial charge in [-0.1, -0.05) is 38.1 Å². The number of rotatable bonds is 11. The van der Waals surface area contributed by atoms with Crippen LogP contribution in [0.4, 0.5) is 0 Å². The summed E-state index contributed by atoms with van der Waals surface area (Å²) in [6.07, 6.45) is 7.30. The smallest absolute Gasteiger partial charge is 0.195 e. The number of carbonyl (C=O) groups is 1. The van der Waals surface area contributed by atoms with Crippen LogP contribution in [-0.2, 0) is 6.54 Å². The van der Waals surface area contributed by atoms with Crippen LogP contribution in [0.3, 0.4) is 0 Å². The number of aliphatic hydroxyl groups excluding tert-OH is 1. The SMILES string of the molecule is CCCN(CCC)CC(O)Cn1cc(C=CC(=O)c2cccs2)c2ccccc21. The predicted molar refractivity (Wildman–Crippen MR) is 123 cm³/mol. The molecular weight excluding hydrogens is 380 g/mol. The number of para-hydroxylation sites is 1. The van der Waals surface area contributed by atoms with Crippen molar-refractivity contribution in [2.45, 2.75) is 39.3 Å². The first-order valence-electron chi connectivity index (χ1n) is 10.4. The second-order valence-corrected chi connectivity index (χ2v) is 8.33. The second-order valence-electron chi connectivity index (χ2n) is 7.38. The van der Waals surface area contributed by atoms with Gasteiger partial charge in [-0.15, -0.1) is 11.3 Å². The largest absolute Gasteiger partial charge is 0.390 e. The predicted octanol–water partition coefficient (Wildman–Crippen LogP) is 5.08. The van der Waals surface area contributed by atoms with E-state index >= 15 is 0 Å². The first kappa shape index (κ1) is 21.5. The van der Waals surface area contributed by atoms with Crippen LogP contribution in [0.25, 0.3) is 17.0 Å². The van der Waals surface area contributed by atoms with Crippen LogP contribution in [0.5, 0.6) is 0 Å². The molecule has 29 heavy (non-hydrogen) atoms. The lowest BCUT2D eigenvalue weighted by Crippen LogP contribution is -2.35. The normalized spacial score (nSPS) is 13.0. The summed E-state index contributed by atoms with van der Waals surface area (Å²) in [7, 11) is 0. The van der Waals surface area contributed by atoms with Gasteiger partial charge in [-0.25, -0.2) is 0 Å². The molecule has 5 heteroatoms. The Morgan fingerprint density at radius 2 is 1.93 bits per heavy atom. The molecule has 1 atom stereocenters. The minimum absolute atomic E-state index is 0.0200. The van der Waals surface area contributed by atoms with Crippen LogP contribution >= 0.6 is 11.3 Å². The van der Waals surface area contributed by atoms with E-state index in [-0.39, 0.29) is 5.78 Å². The van der Waals surface area contributed by atoms with Crippen LogP contribution in [0, 0.1) is 0 Å². The van der Waals surface area contributed by atoms with Crippen LogP contribution < -0.4 is 0 Å². The van der Waals surface area contributed by atoms with Gasteiger partial charge in [-0.3, -0.25) is 4.79 Å². The molecule has 0 saturated heterocycles. The van der Waals surface area contributed by atoms with E-state index in [4.69, 9.17) is 0 Å². The lowest BCUT2D eigenvalue weighted by Gasteiger charge is -2.24. The molecule has 0 saturated carbocycles. The summed E-state index contributed by atoms with van der Waals surface area (Å²) in [6.45, 7) is 7.58. The molecule has 3 rings (SSSR count). The summed E-state index contributed by atoms with van der Waals surface area (Å²) in [6, 6.07) is 11.9. The van der Waals surface area contributed by atoms with E-state index in [0.717, 1.165) is 47.3 Å². The third-order valence-corrected chi connectivity index (χ3v) is 5.84. The van der Waals surface area contributed by atoms with Crippen molar-refractivity contribution in [1.82, 2.24) is 9.47 Å². The minimum atomic E-state index is -0.437. The molecule has 154 valence electrons. The highest BCUT2D eigenvalue weighted by Crippen LogP contribution is 2.23. The van der Waals surface area contributed by atoms with Gasteiger partial charge in [0.1, 0.15) is 0 Å². The van der Waals surface area contributed by atoms with E-state index in [1.54, 1.807) is 6.08 Å². The Kier molecular flexibility index (Phi) is 7.81. The lowest BCUT2D eigenvalue weighted by atomic mass is 10.1. The topological polar surface area (TPSA) is 45.5 Å². The molecule has 1 aromatic carbocycles. The zero-order valence-electron chi connectivity index (χ0n) is 17.3. The fraction of sp³-hybridized carbons (Fsp3) is 0.375. The van der Waals surface area contributed by atoms with Crippen molar-refractivity contribution in [2.24, 2.45) is 0 Å². The highest BCUT2D eigenvalue weighted by molar-refractivity contribution is 7.12. The van der Waals surface area contributed by atoms with Crippen molar-refractivity contribution in [1.29, 1.82) is 0 Å². The Morgan fingerprint density at radius 1 is 1.17 bits per heavy atom. The first-order valence-corrected chi connectivity index (χ1v) is 11.2. The molecule has 0 fully saturated rings. The van der Waals surface area contributed by atoms with Crippen LogP contribution in [0.1, 0.15) is 41.9 Å². The van der Waals surface area contributed by atoms with E-state index in [9.17, 15) is 9.90 Å². The first-order chi connectivity index (χ1) is 14.1. The van der Waals surface area contributed by atoms with Gasteiger partial charge in [-0.2, -0.15) is 0 Å². The summed E-state index contributed by atoms with van der Waals surface area (Å²) in [4.78, 5) is 15.4. The Balaban J connectivity index is 1.77. The zero-order chi connectivity index (χ0) is 20.6. The maximum absolute atomic E-state index is 12.3. The fourth-order valence-electron chi connectivity index (χ4n) is 3.74. The second kappa shape index (κ2) is 10.5. The van der Waals surface area contributed by atoms with E-state index in [1.807, 2.05) is 41.9 Å². The van der Waals surface area contributed by atoms with Crippen LogP contribution in [0.15, 0.2) is 54.1 Å². The van der Waals surface area contributed by atoms with Crippen molar-refractivity contribution in [3.05, 3.63) is 64.5 Å². The van der Waals surface area contributed by atoms with Gasteiger partial charge in [0.2, 0.25) is 0 Å². The molecular formula is C24H30N2O2S. The molecule has 1 N–H and O–H groups in total. The summed E-state index contributed by atoms with van der Waals surface area (Å²) < 4.78 is 2.10. The Labute approximate surface area is 177 Å². The number of aromatic nitrogens is 1. The van der Waals surface area contributed by atoms with E-state index < -0.39 is 6.10 Å². The van der Waals surface area contributed by atoms with Gasteiger partial charge in [0.15, 0.2) is 5.78 Å². The molecule has 0 spiro atoms. The monoisotopic (exact) mass is 410 g/mol. The number of ketones is 1. The maximum Gasteiger partial charge on any atom is 0.195 e. The summed E-state index contributed by atoms with van der Waals surface area (Å²) in [5.41, 5.74) is 2.07. The van der Waals surface area contributed by atoms with Crippen molar-refractivity contribution >= 4 is 34.1 Å². The molecule has 0 aliphatic rings. The third kappa shape index (κ3) is 5.66. The van der Waals surface area contributed by atoms with Crippen LogP contribution in [0.2, 0.25) is 0 Å². The van der Waals surface area contributed by atoms with Crippen LogP contribution in [-0.4, -0.2) is 46.1 Å². The molecule has 3 aromatic rings. The standard InChI is InChI=1S/C24H30N2O2S/c1-3-13-25(14-4-2)17-20(27)18-26-16-19(21-8-5-6-9-22(21)26)11-12-23(28)24-10-7-15-29-24/h5-12,15-16,20,27H,3-4,13-14,17-18H2,1-2H3. The van der Waals surface area contributed by atoms with Gasteiger partial charge >= 0.3 is 0 Å². The Bertz CT molecular complexity index is 937. The minimum Gasteiger partial charge on any atom is -0.390 e. The fourth-order valence-corrected chi connectivity index (χ4v) is 4.38. The highest BCUT2D eigenvalue weighted by Gasteiger charge is 2.14. The molecule has 0 radical (unpaired) electrons. The molecule has 2 aromatic heterocycles. The quantitative estimate of drug-likeness (QED) is 0.354. The number of benzene rings is 1. The molecule has 0 aliphatic carbocycles. The number of hydrogen-bond donors (Lipinski definition) is 1. The van der Waals surface area contributed by atoms with Crippen molar-refractivity contribution in [3.63, 3.8) is 0 Å². The lowest BCUT2D eigenvalue weighted by molar-refractivity contribution is 0.0988. The summed E-state index contributed by atoms with van der Waals surface area (Å²) >= 11 is 1.45. The Hall–Kier alpha value is -2.21. The van der Waals surface area contributed by atoms with E-state index in [0.29, 0.717) is 13.1 Å².